The van der Waals surface area contributed by atoms with Crippen molar-refractivity contribution >= 4 is 40.8 Å². The summed E-state index contributed by atoms with van der Waals surface area (Å²) < 4.78 is 18.9. The summed E-state index contributed by atoms with van der Waals surface area (Å²) in [5.74, 6) is 1.44. The molecule has 0 aliphatic rings. The zero-order valence-corrected chi connectivity index (χ0v) is 19.4. The van der Waals surface area contributed by atoms with Gasteiger partial charge in [0.15, 0.2) is 5.96 Å². The molecule has 29 heavy (non-hydrogen) atoms. The molecule has 8 heteroatoms. The molecular weight excluding hydrogens is 484 g/mol. The Morgan fingerprint density at radius 3 is 2.79 bits per heavy atom. The predicted octanol–water partition coefficient (Wildman–Crippen LogP) is 3.92. The monoisotopic (exact) mass is 513 g/mol. The number of nitrogens with zero attached hydrogens (tertiary/aromatic N) is 2. The number of furan rings is 1. The van der Waals surface area contributed by atoms with Crippen LogP contribution in [0.15, 0.2) is 52.2 Å². The Labute approximate surface area is 188 Å². The normalized spacial score (nSPS) is 12.8. The largest absolute Gasteiger partial charge is 0.468 e. The molecule has 1 atom stereocenters. The van der Waals surface area contributed by atoms with E-state index in [0.717, 1.165) is 47.7 Å². The van der Waals surface area contributed by atoms with Gasteiger partial charge in [0, 0.05) is 30.2 Å². The maximum absolute atomic E-state index is 13.3. The van der Waals surface area contributed by atoms with E-state index in [-0.39, 0.29) is 35.8 Å². The van der Waals surface area contributed by atoms with Crippen LogP contribution < -0.4 is 10.6 Å². The first-order valence-corrected chi connectivity index (χ1v) is 9.56. The molecule has 0 bridgehead atoms. The summed E-state index contributed by atoms with van der Waals surface area (Å²) in [6.45, 7) is 4.14. The van der Waals surface area contributed by atoms with E-state index in [9.17, 15) is 4.39 Å². The van der Waals surface area contributed by atoms with Gasteiger partial charge < -0.3 is 20.0 Å². The number of nitrogens with one attached hydrogen (secondary N) is 3. The highest BCUT2D eigenvalue weighted by Gasteiger charge is 2.16. The van der Waals surface area contributed by atoms with Crippen LogP contribution in [0, 0.1) is 5.82 Å². The number of halogens is 2. The van der Waals surface area contributed by atoms with Crippen molar-refractivity contribution in [1.29, 1.82) is 0 Å². The van der Waals surface area contributed by atoms with Crippen molar-refractivity contribution < 1.29 is 8.81 Å². The van der Waals surface area contributed by atoms with Crippen molar-refractivity contribution in [3.63, 3.8) is 0 Å². The van der Waals surface area contributed by atoms with Crippen LogP contribution >= 0.6 is 24.0 Å². The summed E-state index contributed by atoms with van der Waals surface area (Å²) in [7, 11) is 4.03. The first-order valence-electron chi connectivity index (χ1n) is 9.56. The van der Waals surface area contributed by atoms with Crippen LogP contribution in [0.2, 0.25) is 0 Å². The molecule has 1 unspecified atom stereocenters. The quantitative estimate of drug-likeness (QED) is 0.243. The van der Waals surface area contributed by atoms with Crippen molar-refractivity contribution in [2.75, 3.05) is 33.7 Å². The minimum absolute atomic E-state index is 0. The first kappa shape index (κ1) is 23.2. The molecule has 0 radical (unpaired) electrons. The van der Waals surface area contributed by atoms with Gasteiger partial charge in [0.2, 0.25) is 0 Å². The van der Waals surface area contributed by atoms with E-state index in [1.54, 1.807) is 6.26 Å². The SMILES string of the molecule is CCNC(=NCC(c1ccco1)N(C)C)NCCc1c[nH]c2cc(F)ccc12.I. The Balaban J connectivity index is 0.00000300. The maximum Gasteiger partial charge on any atom is 0.191 e. The Morgan fingerprint density at radius 1 is 1.28 bits per heavy atom. The predicted molar refractivity (Wildman–Crippen MR) is 126 cm³/mol. The summed E-state index contributed by atoms with van der Waals surface area (Å²) >= 11 is 0. The van der Waals surface area contributed by atoms with Gasteiger partial charge in [-0.15, -0.1) is 24.0 Å². The zero-order chi connectivity index (χ0) is 19.9. The molecule has 0 aliphatic carbocycles. The number of fused-ring (bicyclic) bond motifs is 1. The number of rotatable bonds is 8. The van der Waals surface area contributed by atoms with Gasteiger partial charge in [-0.3, -0.25) is 9.89 Å². The number of guanidine groups is 1. The average Bonchev–Trinajstić information content (AvgIpc) is 3.32. The number of likely N-dealkylation sites (N-methyl/N-ethyl adjacent to an activating group) is 1. The number of aromatic amines is 1. The van der Waals surface area contributed by atoms with Gasteiger partial charge in [-0.1, -0.05) is 0 Å². The fourth-order valence-corrected chi connectivity index (χ4v) is 3.19. The van der Waals surface area contributed by atoms with Crippen molar-refractivity contribution in [1.82, 2.24) is 20.5 Å². The molecule has 0 saturated heterocycles. The average molecular weight is 513 g/mol. The standard InChI is InChI=1S/C21H28FN5O.HI/c1-4-23-21(26-14-19(27(2)3)20-6-5-11-28-20)24-10-9-15-13-25-18-12-16(22)7-8-17(15)18;/h5-8,11-13,19,25H,4,9-10,14H2,1-3H3,(H2,23,24,26);1H. The van der Waals surface area contributed by atoms with Gasteiger partial charge in [-0.2, -0.15) is 0 Å². The summed E-state index contributed by atoms with van der Waals surface area (Å²) in [6.07, 6.45) is 4.44. The van der Waals surface area contributed by atoms with Gasteiger partial charge in [0.1, 0.15) is 11.6 Å². The number of hydrogen-bond donors (Lipinski definition) is 3. The van der Waals surface area contributed by atoms with Crippen LogP contribution in [-0.4, -0.2) is 49.6 Å². The number of H-pyrrole nitrogens is 1. The number of aromatic nitrogens is 1. The second kappa shape index (κ2) is 11.2. The lowest BCUT2D eigenvalue weighted by atomic mass is 10.1. The molecular formula is C21H29FIN5O. The first-order chi connectivity index (χ1) is 13.6. The van der Waals surface area contributed by atoms with Crippen LogP contribution in [0.5, 0.6) is 0 Å². The van der Waals surface area contributed by atoms with E-state index >= 15 is 0 Å². The molecule has 158 valence electrons. The van der Waals surface area contributed by atoms with E-state index in [1.807, 2.05) is 45.4 Å². The second-order valence-corrected chi connectivity index (χ2v) is 6.90. The zero-order valence-electron chi connectivity index (χ0n) is 17.0. The van der Waals surface area contributed by atoms with Gasteiger partial charge in [-0.25, -0.2) is 4.39 Å². The Kier molecular flexibility index (Phi) is 8.97. The van der Waals surface area contributed by atoms with Crippen LogP contribution in [-0.2, 0) is 6.42 Å². The van der Waals surface area contributed by atoms with Crippen LogP contribution in [0.3, 0.4) is 0 Å². The molecule has 3 rings (SSSR count). The number of hydrogen-bond acceptors (Lipinski definition) is 3. The van der Waals surface area contributed by atoms with Gasteiger partial charge in [0.25, 0.3) is 0 Å². The lowest BCUT2D eigenvalue weighted by Crippen LogP contribution is -2.39. The molecule has 1 aromatic carbocycles. The number of aliphatic imine (C=N–C) groups is 1. The summed E-state index contributed by atoms with van der Waals surface area (Å²) in [4.78, 5) is 9.94. The molecule has 3 N–H and O–H groups in total. The highest BCUT2D eigenvalue weighted by Crippen LogP contribution is 2.20. The summed E-state index contributed by atoms with van der Waals surface area (Å²) in [5.41, 5.74) is 1.97. The maximum atomic E-state index is 13.3. The highest BCUT2D eigenvalue weighted by molar-refractivity contribution is 14.0. The molecule has 0 fully saturated rings. The fraction of sp³-hybridized carbons (Fsp3) is 0.381. The molecule has 3 aromatic rings. The molecule has 0 spiro atoms. The molecule has 0 amide bonds. The molecule has 6 nitrogen and oxygen atoms in total. The molecule has 2 aromatic heterocycles. The van der Waals surface area contributed by atoms with Crippen molar-refractivity contribution in [2.24, 2.45) is 4.99 Å². The fourth-order valence-electron chi connectivity index (χ4n) is 3.19. The van der Waals surface area contributed by atoms with Crippen LogP contribution in [0.25, 0.3) is 10.9 Å². The van der Waals surface area contributed by atoms with Crippen molar-refractivity contribution in [2.45, 2.75) is 19.4 Å². The van der Waals surface area contributed by atoms with Crippen molar-refractivity contribution in [3.8, 4) is 0 Å². The summed E-state index contributed by atoms with van der Waals surface area (Å²) in [6, 6.07) is 8.78. The van der Waals surface area contributed by atoms with Gasteiger partial charge >= 0.3 is 0 Å². The highest BCUT2D eigenvalue weighted by atomic mass is 127. The Bertz CT molecular complexity index is 907. The van der Waals surface area contributed by atoms with E-state index in [4.69, 9.17) is 9.41 Å². The van der Waals surface area contributed by atoms with Gasteiger partial charge in [-0.05, 0) is 63.3 Å². The minimum atomic E-state index is -0.229. The Morgan fingerprint density at radius 2 is 2.10 bits per heavy atom. The third-order valence-corrected chi connectivity index (χ3v) is 4.68. The second-order valence-electron chi connectivity index (χ2n) is 6.90. The number of benzene rings is 1. The van der Waals surface area contributed by atoms with Crippen molar-refractivity contribution in [3.05, 3.63) is 59.9 Å². The van der Waals surface area contributed by atoms with E-state index < -0.39 is 0 Å². The molecule has 2 heterocycles. The van der Waals surface area contributed by atoms with Crippen LogP contribution in [0.1, 0.15) is 24.3 Å². The summed E-state index contributed by atoms with van der Waals surface area (Å²) in [5, 5.41) is 7.71. The van der Waals surface area contributed by atoms with Gasteiger partial charge in [0.05, 0.1) is 18.8 Å². The minimum Gasteiger partial charge on any atom is -0.468 e. The Hall–Kier alpha value is -2.07. The lowest BCUT2D eigenvalue weighted by molar-refractivity contribution is 0.265. The van der Waals surface area contributed by atoms with E-state index in [2.05, 4.69) is 20.5 Å². The van der Waals surface area contributed by atoms with E-state index in [0.29, 0.717) is 6.54 Å². The smallest absolute Gasteiger partial charge is 0.191 e. The lowest BCUT2D eigenvalue weighted by Gasteiger charge is -2.21. The topological polar surface area (TPSA) is 68.6 Å². The third kappa shape index (κ3) is 6.20. The van der Waals surface area contributed by atoms with Crippen LogP contribution in [0.4, 0.5) is 4.39 Å². The third-order valence-electron chi connectivity index (χ3n) is 4.68. The van der Waals surface area contributed by atoms with E-state index in [1.165, 1.54) is 12.1 Å². The molecule has 0 saturated carbocycles. The molecule has 0 aliphatic heterocycles.